The number of piperazine rings is 1. The Bertz CT molecular complexity index is 1540. The minimum atomic E-state index is -4.78. The SMILES string of the molecule is O=C(c1cccc(-c2cc(Nc3ccc(OC(F)(F)F)cc3)ncn2)c1)N1CCN(c2ccc(C(F)(F)F)cn2)CC1. The van der Waals surface area contributed by atoms with Gasteiger partial charge in [-0.2, -0.15) is 13.2 Å². The van der Waals surface area contributed by atoms with Crippen molar-refractivity contribution in [2.45, 2.75) is 12.5 Å². The van der Waals surface area contributed by atoms with Crippen LogP contribution in [0.4, 0.5) is 43.7 Å². The average molecular weight is 589 g/mol. The first-order valence-electron chi connectivity index (χ1n) is 12.6. The molecule has 0 atom stereocenters. The van der Waals surface area contributed by atoms with E-state index in [0.29, 0.717) is 60.3 Å². The summed E-state index contributed by atoms with van der Waals surface area (Å²) in [5.41, 5.74) is 1.25. The van der Waals surface area contributed by atoms with Crippen LogP contribution in [0.1, 0.15) is 15.9 Å². The summed E-state index contributed by atoms with van der Waals surface area (Å²) >= 11 is 0. The highest BCUT2D eigenvalue weighted by Crippen LogP contribution is 2.30. The van der Waals surface area contributed by atoms with Crippen molar-refractivity contribution in [2.24, 2.45) is 0 Å². The molecule has 1 amide bonds. The van der Waals surface area contributed by atoms with Crippen molar-refractivity contribution in [1.29, 1.82) is 0 Å². The number of alkyl halides is 6. The van der Waals surface area contributed by atoms with Gasteiger partial charge in [-0.15, -0.1) is 13.2 Å². The smallest absolute Gasteiger partial charge is 0.406 e. The molecule has 4 aromatic rings. The number of benzene rings is 2. The summed E-state index contributed by atoms with van der Waals surface area (Å²) in [6, 6.07) is 16.0. The lowest BCUT2D eigenvalue weighted by Crippen LogP contribution is -2.49. The van der Waals surface area contributed by atoms with Gasteiger partial charge < -0.3 is 19.9 Å². The Labute approximate surface area is 235 Å². The molecule has 218 valence electrons. The Kier molecular flexibility index (Phi) is 7.87. The number of hydrogen-bond donors (Lipinski definition) is 1. The summed E-state index contributed by atoms with van der Waals surface area (Å²) in [4.78, 5) is 29.1. The molecule has 14 heteroatoms. The van der Waals surface area contributed by atoms with Gasteiger partial charge in [-0.3, -0.25) is 4.79 Å². The third-order valence-electron chi connectivity index (χ3n) is 6.40. The summed E-state index contributed by atoms with van der Waals surface area (Å²) < 4.78 is 79.5. The van der Waals surface area contributed by atoms with E-state index in [1.165, 1.54) is 36.7 Å². The minimum absolute atomic E-state index is 0.203. The van der Waals surface area contributed by atoms with Crippen molar-refractivity contribution in [1.82, 2.24) is 19.9 Å². The highest BCUT2D eigenvalue weighted by atomic mass is 19.4. The standard InChI is InChI=1S/C28H22F6N6O2/c29-27(30,31)20-4-9-25(35-16-20)39-10-12-40(13-11-39)26(41)19-3-1-2-18(14-19)23-15-24(37-17-36-23)38-21-5-7-22(8-6-21)42-28(32,33)34/h1-9,14-17H,10-13H2,(H,36,37,38). The maximum Gasteiger partial charge on any atom is 0.573 e. The van der Waals surface area contributed by atoms with E-state index < -0.39 is 18.1 Å². The first-order valence-corrected chi connectivity index (χ1v) is 12.6. The number of halogens is 6. The fraction of sp³-hybridized carbons (Fsp3) is 0.214. The summed E-state index contributed by atoms with van der Waals surface area (Å²) in [5, 5.41) is 2.99. The van der Waals surface area contributed by atoms with Crippen molar-refractivity contribution < 1.29 is 35.9 Å². The summed E-state index contributed by atoms with van der Waals surface area (Å²) in [6.07, 6.45) is -7.12. The predicted octanol–water partition coefficient (Wildman–Crippen LogP) is 6.16. The molecule has 0 unspecified atom stereocenters. The van der Waals surface area contributed by atoms with Crippen LogP contribution < -0.4 is 15.0 Å². The lowest BCUT2D eigenvalue weighted by Gasteiger charge is -2.35. The zero-order valence-electron chi connectivity index (χ0n) is 21.7. The third-order valence-corrected chi connectivity index (χ3v) is 6.40. The number of pyridine rings is 1. The fourth-order valence-electron chi connectivity index (χ4n) is 4.34. The molecule has 42 heavy (non-hydrogen) atoms. The highest BCUT2D eigenvalue weighted by molar-refractivity contribution is 5.95. The van der Waals surface area contributed by atoms with E-state index in [4.69, 9.17) is 0 Å². The number of ether oxygens (including phenoxy) is 1. The summed E-state index contributed by atoms with van der Waals surface area (Å²) in [7, 11) is 0. The maximum absolute atomic E-state index is 13.2. The van der Waals surface area contributed by atoms with Crippen LogP contribution in [-0.2, 0) is 6.18 Å². The zero-order chi connectivity index (χ0) is 29.9. The number of carbonyl (C=O) groups excluding carboxylic acids is 1. The molecule has 2 aromatic heterocycles. The molecular formula is C28H22F6N6O2. The van der Waals surface area contributed by atoms with Gasteiger partial charge in [0, 0.05) is 55.3 Å². The van der Waals surface area contributed by atoms with Gasteiger partial charge in [0.2, 0.25) is 0 Å². The van der Waals surface area contributed by atoms with Gasteiger partial charge in [0.15, 0.2) is 0 Å². The van der Waals surface area contributed by atoms with E-state index in [-0.39, 0.29) is 11.7 Å². The third kappa shape index (κ3) is 7.06. The first-order chi connectivity index (χ1) is 19.9. The molecule has 0 aliphatic carbocycles. The summed E-state index contributed by atoms with van der Waals surface area (Å²) in [5.74, 6) is 0.242. The van der Waals surface area contributed by atoms with Crippen LogP contribution in [-0.4, -0.2) is 58.3 Å². The maximum atomic E-state index is 13.2. The van der Waals surface area contributed by atoms with Gasteiger partial charge in [0.1, 0.15) is 23.7 Å². The molecule has 2 aromatic carbocycles. The Morgan fingerprint density at radius 1 is 0.833 bits per heavy atom. The van der Waals surface area contributed by atoms with Gasteiger partial charge >= 0.3 is 12.5 Å². The highest BCUT2D eigenvalue weighted by Gasteiger charge is 2.32. The first kappa shape index (κ1) is 28.6. The van der Waals surface area contributed by atoms with Gasteiger partial charge in [-0.05, 0) is 48.5 Å². The molecule has 0 bridgehead atoms. The lowest BCUT2D eigenvalue weighted by atomic mass is 10.1. The molecule has 3 heterocycles. The minimum Gasteiger partial charge on any atom is -0.406 e. The lowest BCUT2D eigenvalue weighted by molar-refractivity contribution is -0.274. The number of anilines is 3. The fourth-order valence-corrected chi connectivity index (χ4v) is 4.34. The van der Waals surface area contributed by atoms with Crippen molar-refractivity contribution in [2.75, 3.05) is 36.4 Å². The van der Waals surface area contributed by atoms with E-state index in [2.05, 4.69) is 25.0 Å². The molecule has 0 radical (unpaired) electrons. The van der Waals surface area contributed by atoms with E-state index >= 15 is 0 Å². The van der Waals surface area contributed by atoms with Crippen LogP contribution >= 0.6 is 0 Å². The van der Waals surface area contributed by atoms with Crippen LogP contribution in [0.25, 0.3) is 11.3 Å². The zero-order valence-corrected chi connectivity index (χ0v) is 21.7. The molecule has 8 nitrogen and oxygen atoms in total. The Balaban J connectivity index is 1.22. The second-order valence-electron chi connectivity index (χ2n) is 9.25. The summed E-state index contributed by atoms with van der Waals surface area (Å²) in [6.45, 7) is 1.54. The second-order valence-corrected chi connectivity index (χ2v) is 9.25. The van der Waals surface area contributed by atoms with Crippen LogP contribution in [0.15, 0.2) is 79.3 Å². The van der Waals surface area contributed by atoms with Gasteiger partial charge in [-0.1, -0.05) is 12.1 Å². The number of nitrogens with one attached hydrogen (secondary N) is 1. The van der Waals surface area contributed by atoms with E-state index in [0.717, 1.165) is 12.3 Å². The molecule has 5 rings (SSSR count). The van der Waals surface area contributed by atoms with Gasteiger partial charge in [0.05, 0.1) is 11.3 Å². The van der Waals surface area contributed by atoms with E-state index in [1.807, 2.05) is 4.90 Å². The van der Waals surface area contributed by atoms with Crippen LogP contribution in [0.3, 0.4) is 0 Å². The van der Waals surface area contributed by atoms with E-state index in [1.54, 1.807) is 35.2 Å². The number of amides is 1. The van der Waals surface area contributed by atoms with Crippen LogP contribution in [0.2, 0.25) is 0 Å². The molecule has 0 spiro atoms. The Hall–Kier alpha value is -4.88. The molecule has 1 N–H and O–H groups in total. The van der Waals surface area contributed by atoms with Crippen molar-refractivity contribution in [3.63, 3.8) is 0 Å². The second kappa shape index (κ2) is 11.5. The quantitative estimate of drug-likeness (QED) is 0.270. The van der Waals surface area contributed by atoms with Gasteiger partial charge in [0.25, 0.3) is 5.91 Å². The van der Waals surface area contributed by atoms with Crippen molar-refractivity contribution in [3.05, 3.63) is 90.4 Å². The number of nitrogens with zero attached hydrogens (tertiary/aromatic N) is 5. The van der Waals surface area contributed by atoms with Crippen molar-refractivity contribution >= 4 is 23.2 Å². The molecule has 0 saturated carbocycles. The number of hydrogen-bond acceptors (Lipinski definition) is 7. The monoisotopic (exact) mass is 588 g/mol. The number of aromatic nitrogens is 3. The molecular weight excluding hydrogens is 566 g/mol. The van der Waals surface area contributed by atoms with Crippen molar-refractivity contribution in [3.8, 4) is 17.0 Å². The average Bonchev–Trinajstić information content (AvgIpc) is 2.97. The van der Waals surface area contributed by atoms with Crippen LogP contribution in [0.5, 0.6) is 5.75 Å². The molecule has 1 fully saturated rings. The molecule has 1 saturated heterocycles. The Morgan fingerprint density at radius 3 is 2.21 bits per heavy atom. The number of carbonyl (C=O) groups is 1. The number of rotatable bonds is 6. The Morgan fingerprint density at radius 2 is 1.57 bits per heavy atom. The van der Waals surface area contributed by atoms with E-state index in [9.17, 15) is 31.1 Å². The molecule has 1 aliphatic rings. The normalized spacial score (nSPS) is 14.0. The molecule has 1 aliphatic heterocycles. The van der Waals surface area contributed by atoms with Gasteiger partial charge in [-0.25, -0.2) is 15.0 Å². The van der Waals surface area contributed by atoms with Crippen LogP contribution in [0, 0.1) is 0 Å². The largest absolute Gasteiger partial charge is 0.573 e. The topological polar surface area (TPSA) is 83.5 Å². The predicted molar refractivity (Wildman–Crippen MR) is 141 cm³/mol.